The quantitative estimate of drug-likeness (QED) is 0.667. The molecule has 1 heterocycles. The van der Waals surface area contributed by atoms with Gasteiger partial charge in [0.25, 0.3) is 5.56 Å². The van der Waals surface area contributed by atoms with Gasteiger partial charge >= 0.3 is 0 Å². The van der Waals surface area contributed by atoms with Gasteiger partial charge in [-0.05, 0) is 36.1 Å². The topological polar surface area (TPSA) is 132 Å². The van der Waals surface area contributed by atoms with Crippen molar-refractivity contribution in [3.63, 3.8) is 0 Å². The molecule has 0 saturated carbocycles. The molecule has 1 aliphatic carbocycles. The van der Waals surface area contributed by atoms with E-state index in [1.165, 1.54) is 12.1 Å². The number of anilines is 1. The molecule has 104 valence electrons. The smallest absolute Gasteiger partial charge is 0.260 e. The summed E-state index contributed by atoms with van der Waals surface area (Å²) in [6, 6.07) is 4.47. The van der Waals surface area contributed by atoms with E-state index in [2.05, 4.69) is 9.97 Å². The lowest BCUT2D eigenvalue weighted by molar-refractivity contribution is 0.597. The van der Waals surface area contributed by atoms with Gasteiger partial charge in [-0.25, -0.2) is 18.5 Å². The fraction of sp³-hybridized carbons (Fsp3) is 0.167. The number of nitrogen functional groups attached to an aromatic ring is 1. The van der Waals surface area contributed by atoms with Crippen LogP contribution in [0.25, 0.3) is 11.1 Å². The zero-order chi connectivity index (χ0) is 14.5. The zero-order valence-electron chi connectivity index (χ0n) is 10.4. The molecule has 2 aromatic rings. The van der Waals surface area contributed by atoms with Crippen LogP contribution >= 0.6 is 0 Å². The number of sulfonamides is 1. The first-order valence-electron chi connectivity index (χ1n) is 5.91. The Labute approximate surface area is 114 Å². The summed E-state index contributed by atoms with van der Waals surface area (Å²) in [6.45, 7) is 0. The third-order valence-corrected chi connectivity index (χ3v) is 4.23. The molecule has 0 bridgehead atoms. The summed E-state index contributed by atoms with van der Waals surface area (Å²) in [5.74, 6) is 0.0818. The summed E-state index contributed by atoms with van der Waals surface area (Å²) >= 11 is 0. The molecule has 1 aromatic heterocycles. The number of nitrogens with one attached hydrogen (secondary N) is 1. The number of primary sulfonamides is 1. The Balaban J connectivity index is 2.27. The number of hydrogen-bond donors (Lipinski definition) is 3. The van der Waals surface area contributed by atoms with E-state index in [9.17, 15) is 13.2 Å². The summed E-state index contributed by atoms with van der Waals surface area (Å²) < 4.78 is 22.7. The second-order valence-corrected chi connectivity index (χ2v) is 6.20. The lowest BCUT2D eigenvalue weighted by atomic mass is 9.89. The van der Waals surface area contributed by atoms with Crippen molar-refractivity contribution < 1.29 is 8.42 Å². The van der Waals surface area contributed by atoms with Crippen LogP contribution in [0.15, 0.2) is 27.9 Å². The van der Waals surface area contributed by atoms with E-state index in [0.29, 0.717) is 29.7 Å². The predicted molar refractivity (Wildman–Crippen MR) is 73.5 cm³/mol. The minimum absolute atomic E-state index is 0.0412. The molecule has 0 atom stereocenters. The van der Waals surface area contributed by atoms with Crippen LogP contribution in [0.2, 0.25) is 0 Å². The predicted octanol–water partition coefficient (Wildman–Crippen LogP) is -0.235. The molecule has 0 aliphatic heterocycles. The second-order valence-electron chi connectivity index (χ2n) is 4.64. The molecule has 7 nitrogen and oxygen atoms in total. The van der Waals surface area contributed by atoms with Crippen molar-refractivity contribution in [1.29, 1.82) is 0 Å². The highest BCUT2D eigenvalue weighted by molar-refractivity contribution is 7.89. The molecule has 8 heteroatoms. The van der Waals surface area contributed by atoms with E-state index in [1.54, 1.807) is 6.07 Å². The van der Waals surface area contributed by atoms with E-state index < -0.39 is 10.0 Å². The van der Waals surface area contributed by atoms with Gasteiger partial charge < -0.3 is 5.73 Å². The molecule has 0 spiro atoms. The molecule has 1 aliphatic rings. The number of benzene rings is 1. The van der Waals surface area contributed by atoms with Gasteiger partial charge in [-0.2, -0.15) is 0 Å². The van der Waals surface area contributed by atoms with Crippen molar-refractivity contribution in [2.75, 3.05) is 5.73 Å². The summed E-state index contributed by atoms with van der Waals surface area (Å²) in [5, 5.41) is 5.11. The van der Waals surface area contributed by atoms with Gasteiger partial charge in [-0.15, -0.1) is 0 Å². The number of rotatable bonds is 1. The maximum atomic E-state index is 12.0. The Morgan fingerprint density at radius 1 is 1.25 bits per heavy atom. The maximum absolute atomic E-state index is 12.0. The Morgan fingerprint density at radius 3 is 2.70 bits per heavy atom. The fourth-order valence-corrected chi connectivity index (χ4v) is 3.01. The molecule has 3 rings (SSSR count). The molecular formula is C12H12N4O3S. The number of H-pyrrole nitrogens is 1. The minimum atomic E-state index is -3.75. The van der Waals surface area contributed by atoms with Gasteiger partial charge in [0.2, 0.25) is 16.0 Å². The standard InChI is InChI=1S/C12H12N4O3S/c13-12-15-9-4-1-6-5-7(20(14,18)19)2-3-8(6)10(9)11(17)16-12/h2-3,5H,1,4H2,(H2,14,18,19)(H3,13,15,16,17). The first kappa shape index (κ1) is 12.8. The molecule has 1 aromatic carbocycles. The SMILES string of the molecule is Nc1nc2c(c(=O)[nH]1)-c1ccc(S(N)(=O)=O)cc1CC2. The van der Waals surface area contributed by atoms with E-state index in [0.717, 1.165) is 5.56 Å². The molecule has 5 N–H and O–H groups in total. The number of aromatic nitrogens is 2. The van der Waals surface area contributed by atoms with Gasteiger partial charge in [0.15, 0.2) is 0 Å². The molecule has 0 fully saturated rings. The summed E-state index contributed by atoms with van der Waals surface area (Å²) in [7, 11) is -3.75. The van der Waals surface area contributed by atoms with E-state index in [4.69, 9.17) is 10.9 Å². The highest BCUT2D eigenvalue weighted by Crippen LogP contribution is 2.31. The third kappa shape index (κ3) is 1.98. The fourth-order valence-electron chi connectivity index (χ4n) is 2.45. The first-order chi connectivity index (χ1) is 9.36. The Bertz CT molecular complexity index is 871. The lowest BCUT2D eigenvalue weighted by Crippen LogP contribution is -2.21. The van der Waals surface area contributed by atoms with Crippen molar-refractivity contribution in [1.82, 2.24) is 9.97 Å². The second kappa shape index (κ2) is 4.15. The number of nitrogens with two attached hydrogens (primary N) is 2. The van der Waals surface area contributed by atoms with E-state index in [-0.39, 0.29) is 16.4 Å². The number of fused-ring (bicyclic) bond motifs is 3. The number of aryl methyl sites for hydroxylation is 2. The Morgan fingerprint density at radius 2 is 2.00 bits per heavy atom. The van der Waals surface area contributed by atoms with Crippen molar-refractivity contribution in [2.24, 2.45) is 5.14 Å². The van der Waals surface area contributed by atoms with Crippen molar-refractivity contribution in [2.45, 2.75) is 17.7 Å². The number of hydrogen-bond acceptors (Lipinski definition) is 5. The summed E-state index contributed by atoms with van der Waals surface area (Å²) in [4.78, 5) is 18.6. The Hall–Kier alpha value is -2.19. The molecule has 0 saturated heterocycles. The molecular weight excluding hydrogens is 280 g/mol. The molecule has 0 unspecified atom stereocenters. The summed E-state index contributed by atoms with van der Waals surface area (Å²) in [6.07, 6.45) is 1.12. The lowest BCUT2D eigenvalue weighted by Gasteiger charge is -2.18. The van der Waals surface area contributed by atoms with Gasteiger partial charge in [0, 0.05) is 0 Å². The highest BCUT2D eigenvalue weighted by atomic mass is 32.2. The average molecular weight is 292 g/mol. The molecule has 0 radical (unpaired) electrons. The van der Waals surface area contributed by atoms with Crippen LogP contribution in [-0.2, 0) is 22.9 Å². The third-order valence-electron chi connectivity index (χ3n) is 3.32. The monoisotopic (exact) mass is 292 g/mol. The average Bonchev–Trinajstić information content (AvgIpc) is 2.36. The summed E-state index contributed by atoms with van der Waals surface area (Å²) in [5.41, 5.74) is 7.71. The normalized spacial score (nSPS) is 13.7. The van der Waals surface area contributed by atoms with Crippen LogP contribution in [0.5, 0.6) is 0 Å². The van der Waals surface area contributed by atoms with E-state index >= 15 is 0 Å². The van der Waals surface area contributed by atoms with Gasteiger partial charge in [0.1, 0.15) is 0 Å². The van der Waals surface area contributed by atoms with Crippen LogP contribution in [-0.4, -0.2) is 18.4 Å². The van der Waals surface area contributed by atoms with Crippen LogP contribution in [0, 0.1) is 0 Å². The number of aromatic amines is 1. The number of nitrogens with zero attached hydrogens (tertiary/aromatic N) is 1. The van der Waals surface area contributed by atoms with Crippen LogP contribution in [0.3, 0.4) is 0 Å². The zero-order valence-corrected chi connectivity index (χ0v) is 11.2. The molecule has 0 amide bonds. The largest absolute Gasteiger partial charge is 0.369 e. The minimum Gasteiger partial charge on any atom is -0.369 e. The van der Waals surface area contributed by atoms with Crippen molar-refractivity contribution in [3.8, 4) is 11.1 Å². The van der Waals surface area contributed by atoms with Crippen molar-refractivity contribution >= 4 is 16.0 Å². The van der Waals surface area contributed by atoms with Crippen molar-refractivity contribution in [3.05, 3.63) is 39.8 Å². The highest BCUT2D eigenvalue weighted by Gasteiger charge is 2.22. The van der Waals surface area contributed by atoms with Gasteiger partial charge in [0.05, 0.1) is 16.2 Å². The van der Waals surface area contributed by atoms with Gasteiger partial charge in [-0.3, -0.25) is 9.78 Å². The van der Waals surface area contributed by atoms with E-state index in [1.807, 2.05) is 0 Å². The first-order valence-corrected chi connectivity index (χ1v) is 7.45. The maximum Gasteiger partial charge on any atom is 0.260 e. The Kier molecular flexibility index (Phi) is 2.66. The van der Waals surface area contributed by atoms with Gasteiger partial charge in [-0.1, -0.05) is 6.07 Å². The van der Waals surface area contributed by atoms with Crippen LogP contribution in [0.4, 0.5) is 5.95 Å². The van der Waals surface area contributed by atoms with Crippen LogP contribution in [0.1, 0.15) is 11.3 Å². The van der Waals surface area contributed by atoms with Crippen LogP contribution < -0.4 is 16.4 Å². The molecule has 20 heavy (non-hydrogen) atoms.